The van der Waals surface area contributed by atoms with Crippen molar-refractivity contribution in [1.29, 1.82) is 0 Å². The van der Waals surface area contributed by atoms with Gasteiger partial charge in [-0.1, -0.05) is 74.5 Å². The quantitative estimate of drug-likeness (QED) is 0.0173. The predicted molar refractivity (Wildman–Crippen MR) is 356 cm³/mol. The summed E-state index contributed by atoms with van der Waals surface area (Å²) in [4.78, 5) is 185. The van der Waals surface area contributed by atoms with Crippen LogP contribution >= 0.6 is 11.8 Å². The molecule has 31 nitrogen and oxygen atoms in total. The van der Waals surface area contributed by atoms with Crippen LogP contribution in [0.4, 0.5) is 0 Å². The highest BCUT2D eigenvalue weighted by Crippen LogP contribution is 2.24. The molecule has 10 atom stereocenters. The van der Waals surface area contributed by atoms with Gasteiger partial charge in [-0.05, 0) is 119 Å². The van der Waals surface area contributed by atoms with Gasteiger partial charge in [-0.15, -0.1) is 0 Å². The molecule has 2 fully saturated rings. The molecule has 2 saturated heterocycles. The van der Waals surface area contributed by atoms with Crippen LogP contribution < -0.4 is 82.7 Å². The van der Waals surface area contributed by atoms with Gasteiger partial charge in [0.2, 0.25) is 76.8 Å². The molecule has 0 aromatic heterocycles. The lowest BCUT2D eigenvalue weighted by Crippen LogP contribution is -2.60. The first-order valence-electron chi connectivity index (χ1n) is 32.2. The maximum absolute atomic E-state index is 14.7. The van der Waals surface area contributed by atoms with Crippen molar-refractivity contribution in [2.24, 2.45) is 51.0 Å². The van der Waals surface area contributed by atoms with Gasteiger partial charge in [0.15, 0.2) is 5.96 Å². The number of hydrogen-bond acceptors (Lipinski definition) is 17. The number of carbonyl (C=O) groups is 13. The molecule has 0 bridgehead atoms. The maximum atomic E-state index is 14.7. The number of hydrogen-bond donors (Lipinski definition) is 15. The molecule has 32 heteroatoms. The lowest BCUT2D eigenvalue weighted by atomic mass is 10.0. The molecule has 0 unspecified atom stereocenters. The molecule has 0 radical (unpaired) electrons. The van der Waals surface area contributed by atoms with Crippen LogP contribution in [-0.4, -0.2) is 198 Å². The first-order chi connectivity index (χ1) is 45.2. The molecular weight excluding hydrogens is 1250 g/mol. The summed E-state index contributed by atoms with van der Waals surface area (Å²) in [6.45, 7) is 3.86. The van der Waals surface area contributed by atoms with Gasteiger partial charge in [0.25, 0.3) is 0 Å². The fraction of sp³-hybridized carbons (Fsp3) is 0.587. The Morgan fingerprint density at radius 1 is 0.537 bits per heavy atom. The van der Waals surface area contributed by atoms with Crippen molar-refractivity contribution in [2.75, 3.05) is 44.7 Å². The van der Waals surface area contributed by atoms with Gasteiger partial charge in [0.05, 0.1) is 12.6 Å². The largest absolute Gasteiger partial charge is 0.370 e. The third-order valence-electron chi connectivity index (χ3n) is 16.0. The fourth-order valence-corrected chi connectivity index (χ4v) is 11.5. The van der Waals surface area contributed by atoms with E-state index in [4.69, 9.17) is 40.1 Å². The van der Waals surface area contributed by atoms with Gasteiger partial charge in [-0.25, -0.2) is 0 Å². The van der Waals surface area contributed by atoms with Gasteiger partial charge in [-0.3, -0.25) is 67.3 Å². The summed E-state index contributed by atoms with van der Waals surface area (Å²) >= 11 is 1.45. The van der Waals surface area contributed by atoms with Crippen LogP contribution in [0, 0.1) is 5.92 Å². The molecule has 2 aromatic rings. The summed E-state index contributed by atoms with van der Waals surface area (Å²) in [7, 11) is 0. The number of likely N-dealkylation sites (tertiary alicyclic amines) is 2. The molecular formula is C63H98N18O13S. The minimum absolute atomic E-state index is 0.0736. The Labute approximate surface area is 558 Å². The molecule has 2 aromatic carbocycles. The maximum Gasteiger partial charge on any atom is 0.245 e. The normalized spacial score (nSPS) is 16.8. The average Bonchev–Trinajstić information content (AvgIpc) is 1.74. The second-order valence-electron chi connectivity index (χ2n) is 24.1. The van der Waals surface area contributed by atoms with E-state index in [2.05, 4.69) is 47.5 Å². The minimum atomic E-state index is -1.64. The zero-order chi connectivity index (χ0) is 70.1. The standard InChI is InChI=1S/C63H98N18O13S/c1-37(2)33-45(57(89)74-41(53(68)85)27-32-95-3)73-52(84)36-72-54(86)46(34-38-15-6-4-7-16-38)78-58(90)47(35-39-17-8-5-9-18-39)79-56(88)42(23-25-50(66)82)75-55(87)43(24-26-51(67)83)76-59(91)49-22-14-31-81(49)62(94)44(20-10-11-28-64)77-60(92)48-21-13-30-80(48)61(93)40(65)19-12-29-71-63(69)70/h4-9,15-18,37,40-49H,10-14,19-36,64-65H2,1-3H3,(H2,66,82)(H2,67,83)(H2,68,85)(H,72,86)(H,73,84)(H,74,89)(H,75,87)(H,76,91)(H,77,92)(H,78,90)(H,79,88)(H4,69,70,71)/t40-,41-,42-,43+,44+,45-,46-,47-,48-,49-/m0/s1. The number of benzene rings is 2. The Morgan fingerprint density at radius 3 is 1.51 bits per heavy atom. The third-order valence-corrected chi connectivity index (χ3v) is 16.7. The number of nitrogens with zero attached hydrogens (tertiary/aromatic N) is 3. The van der Waals surface area contributed by atoms with E-state index in [0.717, 1.165) is 0 Å². The number of amides is 13. The van der Waals surface area contributed by atoms with Gasteiger partial charge in [0.1, 0.15) is 54.4 Å². The highest BCUT2D eigenvalue weighted by Gasteiger charge is 2.42. The average molecular weight is 1350 g/mol. The van der Waals surface area contributed by atoms with Crippen LogP contribution in [-0.2, 0) is 75.2 Å². The molecule has 4 rings (SSSR count). The van der Waals surface area contributed by atoms with Gasteiger partial charge < -0.3 is 92.5 Å². The summed E-state index contributed by atoms with van der Waals surface area (Å²) in [5.41, 5.74) is 40.6. The fourth-order valence-electron chi connectivity index (χ4n) is 11.0. The van der Waals surface area contributed by atoms with E-state index >= 15 is 0 Å². The van der Waals surface area contributed by atoms with Gasteiger partial charge in [0, 0.05) is 45.3 Å². The molecule has 0 spiro atoms. The molecule has 95 heavy (non-hydrogen) atoms. The van der Waals surface area contributed by atoms with Crippen molar-refractivity contribution in [3.05, 3.63) is 71.8 Å². The third kappa shape index (κ3) is 27.5. The highest BCUT2D eigenvalue weighted by atomic mass is 32.2. The van der Waals surface area contributed by atoms with Crippen molar-refractivity contribution in [3.8, 4) is 0 Å². The minimum Gasteiger partial charge on any atom is -0.370 e. The van der Waals surface area contributed by atoms with Crippen LogP contribution in [0.5, 0.6) is 0 Å². The van der Waals surface area contributed by atoms with Crippen LogP contribution in [0.15, 0.2) is 65.7 Å². The van der Waals surface area contributed by atoms with Crippen LogP contribution in [0.3, 0.4) is 0 Å². The molecule has 22 N–H and O–H groups in total. The summed E-state index contributed by atoms with van der Waals surface area (Å²) < 4.78 is 0. The Bertz CT molecular complexity index is 2960. The number of nitrogens with one attached hydrogen (secondary N) is 8. The number of unbranched alkanes of at least 4 members (excludes halogenated alkanes) is 1. The molecule has 0 saturated carbocycles. The van der Waals surface area contributed by atoms with E-state index < -0.39 is 169 Å². The number of aliphatic imine (C=N–C) groups is 1. The number of rotatable bonds is 42. The highest BCUT2D eigenvalue weighted by molar-refractivity contribution is 7.98. The van der Waals surface area contributed by atoms with E-state index in [0.29, 0.717) is 55.4 Å². The Morgan fingerprint density at radius 2 is 1.01 bits per heavy atom. The van der Waals surface area contributed by atoms with Crippen molar-refractivity contribution in [3.63, 3.8) is 0 Å². The van der Waals surface area contributed by atoms with Crippen molar-refractivity contribution in [2.45, 2.75) is 183 Å². The Balaban J connectivity index is 1.56. The van der Waals surface area contributed by atoms with Gasteiger partial charge in [-0.2, -0.15) is 11.8 Å². The van der Waals surface area contributed by atoms with Crippen molar-refractivity contribution in [1.82, 2.24) is 52.3 Å². The summed E-state index contributed by atoms with van der Waals surface area (Å²) in [6.07, 6.45) is 3.12. The number of guanidine groups is 1. The topological polar surface area (TPSA) is 519 Å². The summed E-state index contributed by atoms with van der Waals surface area (Å²) in [5.74, 6) is -9.80. The van der Waals surface area contributed by atoms with Crippen molar-refractivity contribution < 1.29 is 62.3 Å². The van der Waals surface area contributed by atoms with E-state index in [1.807, 2.05) is 20.1 Å². The predicted octanol–water partition coefficient (Wildman–Crippen LogP) is -3.71. The molecule has 2 aliphatic heterocycles. The van der Waals surface area contributed by atoms with E-state index in [9.17, 15) is 62.3 Å². The Hall–Kier alpha value is -8.91. The van der Waals surface area contributed by atoms with Crippen LogP contribution in [0.1, 0.15) is 121 Å². The molecule has 524 valence electrons. The number of carbonyl (C=O) groups excluding carboxylic acids is 13. The number of primary amides is 3. The number of thioether (sulfide) groups is 1. The smallest absolute Gasteiger partial charge is 0.245 e. The monoisotopic (exact) mass is 1350 g/mol. The number of nitrogens with two attached hydrogens (primary N) is 7. The lowest BCUT2D eigenvalue weighted by molar-refractivity contribution is -0.144. The second kappa shape index (κ2) is 41.0. The molecule has 0 aliphatic carbocycles. The van der Waals surface area contributed by atoms with Gasteiger partial charge >= 0.3 is 0 Å². The van der Waals surface area contributed by atoms with E-state index in [1.54, 1.807) is 60.7 Å². The molecule has 2 aliphatic rings. The second-order valence-corrected chi connectivity index (χ2v) is 25.1. The summed E-state index contributed by atoms with van der Waals surface area (Å²) in [6, 6.07) is 4.51. The molecule has 2 heterocycles. The van der Waals surface area contributed by atoms with E-state index in [1.165, 1.54) is 21.6 Å². The van der Waals surface area contributed by atoms with E-state index in [-0.39, 0.29) is 83.0 Å². The summed E-state index contributed by atoms with van der Waals surface area (Å²) in [5, 5.41) is 21.1. The zero-order valence-electron chi connectivity index (χ0n) is 54.5. The SMILES string of the molecule is CSCC[C@H](NC(=O)[C@H](CC(C)C)NC(=O)CNC(=O)[C@H](Cc1ccccc1)NC(=O)[C@H](Cc1ccccc1)NC(=O)[C@H](CCC(N)=O)NC(=O)[C@@H](CCC(N)=O)NC(=O)[C@@H]1CCCN1C(=O)[C@@H](CCCCN)NC(=O)[C@@H]1CCCN1C(=O)[C@@H](N)CCCN=C(N)N)C(N)=O. The Kier molecular flexibility index (Phi) is 33.9. The van der Waals surface area contributed by atoms with Crippen molar-refractivity contribution >= 4 is 94.5 Å². The molecule has 13 amide bonds. The first-order valence-corrected chi connectivity index (χ1v) is 33.6. The van der Waals surface area contributed by atoms with Crippen LogP contribution in [0.2, 0.25) is 0 Å². The first kappa shape index (κ1) is 78.5. The zero-order valence-corrected chi connectivity index (χ0v) is 55.3. The van der Waals surface area contributed by atoms with Crippen LogP contribution in [0.25, 0.3) is 0 Å². The lowest BCUT2D eigenvalue weighted by Gasteiger charge is -2.32.